The molecule has 0 fully saturated rings. The van der Waals surface area contributed by atoms with Gasteiger partial charge in [0.1, 0.15) is 0 Å². The zero-order chi connectivity index (χ0) is 16.4. The topological polar surface area (TPSA) is 39.2 Å². The van der Waals surface area contributed by atoms with Gasteiger partial charge in [-0.1, -0.05) is 41.9 Å². The van der Waals surface area contributed by atoms with Crippen LogP contribution in [-0.2, 0) is 4.74 Å². The van der Waals surface area contributed by atoms with Crippen molar-refractivity contribution in [1.82, 2.24) is 4.98 Å². The quantitative estimate of drug-likeness (QED) is 0.627. The van der Waals surface area contributed by atoms with Crippen molar-refractivity contribution in [2.75, 3.05) is 0 Å². The van der Waals surface area contributed by atoms with Crippen molar-refractivity contribution in [3.05, 3.63) is 65.2 Å². The van der Waals surface area contributed by atoms with Gasteiger partial charge in [0.05, 0.1) is 22.9 Å². The molecular formula is C19H16ClNO2. The molecule has 0 unspecified atom stereocenters. The van der Waals surface area contributed by atoms with Gasteiger partial charge in [-0.05, 0) is 38.1 Å². The molecule has 3 aromatic rings. The molecule has 3 rings (SSSR count). The number of ether oxygens (including phenoxy) is 1. The highest BCUT2D eigenvalue weighted by Crippen LogP contribution is 2.26. The molecule has 0 N–H and O–H groups in total. The molecule has 0 radical (unpaired) electrons. The maximum absolute atomic E-state index is 12.4. The van der Waals surface area contributed by atoms with Crippen molar-refractivity contribution >= 4 is 28.5 Å². The molecule has 116 valence electrons. The molecule has 0 amide bonds. The Bertz CT molecular complexity index is 857. The molecule has 0 saturated carbocycles. The molecule has 0 aliphatic rings. The fourth-order valence-electron chi connectivity index (χ4n) is 2.39. The lowest BCUT2D eigenvalue weighted by atomic mass is 10.0. The average Bonchev–Trinajstić information content (AvgIpc) is 2.54. The lowest BCUT2D eigenvalue weighted by molar-refractivity contribution is 0.0380. The van der Waals surface area contributed by atoms with E-state index >= 15 is 0 Å². The van der Waals surface area contributed by atoms with Crippen molar-refractivity contribution < 1.29 is 9.53 Å². The monoisotopic (exact) mass is 325 g/mol. The zero-order valence-electron chi connectivity index (χ0n) is 12.9. The smallest absolute Gasteiger partial charge is 0.339 e. The molecule has 2 aromatic carbocycles. The Morgan fingerprint density at radius 1 is 1.09 bits per heavy atom. The van der Waals surface area contributed by atoms with E-state index in [2.05, 4.69) is 4.98 Å². The first-order chi connectivity index (χ1) is 11.0. The maximum Gasteiger partial charge on any atom is 0.339 e. The highest BCUT2D eigenvalue weighted by Gasteiger charge is 2.16. The second-order valence-electron chi connectivity index (χ2n) is 5.53. The van der Waals surface area contributed by atoms with Crippen molar-refractivity contribution in [1.29, 1.82) is 0 Å². The molecule has 0 aliphatic carbocycles. The first-order valence-electron chi connectivity index (χ1n) is 7.41. The van der Waals surface area contributed by atoms with Gasteiger partial charge in [-0.15, -0.1) is 0 Å². The fraction of sp³-hybridized carbons (Fsp3) is 0.158. The fourth-order valence-corrected chi connectivity index (χ4v) is 2.52. The van der Waals surface area contributed by atoms with E-state index in [-0.39, 0.29) is 12.1 Å². The van der Waals surface area contributed by atoms with Gasteiger partial charge in [-0.25, -0.2) is 9.78 Å². The molecule has 0 aliphatic heterocycles. The number of halogens is 1. The third kappa shape index (κ3) is 3.35. The summed E-state index contributed by atoms with van der Waals surface area (Å²) in [6.07, 6.45) is -0.173. The molecule has 1 heterocycles. The van der Waals surface area contributed by atoms with Gasteiger partial charge in [0, 0.05) is 16.0 Å². The Balaban J connectivity index is 2.17. The highest BCUT2D eigenvalue weighted by atomic mass is 35.5. The van der Waals surface area contributed by atoms with E-state index in [1.54, 1.807) is 18.2 Å². The molecule has 4 heteroatoms. The van der Waals surface area contributed by atoms with Gasteiger partial charge in [-0.2, -0.15) is 0 Å². The Labute approximate surface area is 139 Å². The van der Waals surface area contributed by atoms with Crippen LogP contribution in [0, 0.1) is 0 Å². The van der Waals surface area contributed by atoms with Crippen LogP contribution in [0.25, 0.3) is 22.2 Å². The van der Waals surface area contributed by atoms with E-state index in [4.69, 9.17) is 16.3 Å². The Kier molecular flexibility index (Phi) is 4.30. The summed E-state index contributed by atoms with van der Waals surface area (Å²) in [7, 11) is 0. The number of para-hydroxylation sites is 1. The van der Waals surface area contributed by atoms with Crippen LogP contribution in [0.3, 0.4) is 0 Å². The molecule has 0 spiro atoms. The number of esters is 1. The van der Waals surface area contributed by atoms with Crippen LogP contribution in [-0.4, -0.2) is 17.1 Å². The average molecular weight is 326 g/mol. The van der Waals surface area contributed by atoms with Crippen LogP contribution in [0.4, 0.5) is 0 Å². The van der Waals surface area contributed by atoms with Crippen molar-refractivity contribution in [3.63, 3.8) is 0 Å². The van der Waals surface area contributed by atoms with E-state index < -0.39 is 0 Å². The summed E-state index contributed by atoms with van der Waals surface area (Å²) in [5.74, 6) is -0.339. The molecule has 0 saturated heterocycles. The van der Waals surface area contributed by atoms with Gasteiger partial charge in [-0.3, -0.25) is 0 Å². The summed E-state index contributed by atoms with van der Waals surface area (Å²) in [6.45, 7) is 3.67. The van der Waals surface area contributed by atoms with Crippen LogP contribution in [0.1, 0.15) is 24.2 Å². The summed E-state index contributed by atoms with van der Waals surface area (Å²) in [5.41, 5.74) is 2.90. The van der Waals surface area contributed by atoms with Gasteiger partial charge < -0.3 is 4.74 Å². The van der Waals surface area contributed by atoms with Crippen molar-refractivity contribution in [2.45, 2.75) is 20.0 Å². The number of nitrogens with zero attached hydrogens (tertiary/aromatic N) is 1. The molecule has 3 nitrogen and oxygen atoms in total. The van der Waals surface area contributed by atoms with Gasteiger partial charge in [0.25, 0.3) is 0 Å². The minimum absolute atomic E-state index is 0.173. The third-order valence-corrected chi connectivity index (χ3v) is 3.67. The third-order valence-electron chi connectivity index (χ3n) is 3.42. The van der Waals surface area contributed by atoms with E-state index in [0.29, 0.717) is 10.6 Å². The van der Waals surface area contributed by atoms with Crippen LogP contribution >= 0.6 is 11.6 Å². The number of hydrogen-bond acceptors (Lipinski definition) is 3. The predicted octanol–water partition coefficient (Wildman–Crippen LogP) is 5.12. The Morgan fingerprint density at radius 3 is 2.48 bits per heavy atom. The second-order valence-corrected chi connectivity index (χ2v) is 5.97. The summed E-state index contributed by atoms with van der Waals surface area (Å²) in [5, 5.41) is 1.45. The number of benzene rings is 2. The molecule has 23 heavy (non-hydrogen) atoms. The van der Waals surface area contributed by atoms with Gasteiger partial charge in [0.2, 0.25) is 0 Å². The largest absolute Gasteiger partial charge is 0.459 e. The molecule has 0 atom stereocenters. The lowest BCUT2D eigenvalue weighted by Crippen LogP contribution is -2.12. The SMILES string of the molecule is CC(C)OC(=O)c1cc(-c2ccc(Cl)cc2)nc2ccccc12. The standard InChI is InChI=1S/C19H16ClNO2/c1-12(2)23-19(22)16-11-18(13-7-9-14(20)10-8-13)21-17-6-4-3-5-15(16)17/h3-12H,1-2H3. The number of fused-ring (bicyclic) bond motifs is 1. The first kappa shape index (κ1) is 15.5. The number of carbonyl (C=O) groups is 1. The predicted molar refractivity (Wildman–Crippen MR) is 92.7 cm³/mol. The molecule has 0 bridgehead atoms. The van der Waals surface area contributed by atoms with E-state index in [1.165, 1.54) is 0 Å². The summed E-state index contributed by atoms with van der Waals surface area (Å²) >= 11 is 5.94. The van der Waals surface area contributed by atoms with Gasteiger partial charge >= 0.3 is 5.97 Å². The molecule has 1 aromatic heterocycles. The van der Waals surface area contributed by atoms with Gasteiger partial charge in [0.15, 0.2) is 0 Å². The minimum Gasteiger partial charge on any atom is -0.459 e. The lowest BCUT2D eigenvalue weighted by Gasteiger charge is -2.12. The highest BCUT2D eigenvalue weighted by molar-refractivity contribution is 6.30. The number of hydrogen-bond donors (Lipinski definition) is 0. The minimum atomic E-state index is -0.339. The van der Waals surface area contributed by atoms with E-state index in [1.807, 2.05) is 50.2 Å². The number of carbonyl (C=O) groups excluding carboxylic acids is 1. The Hall–Kier alpha value is -2.39. The van der Waals surface area contributed by atoms with Crippen LogP contribution in [0.15, 0.2) is 54.6 Å². The van der Waals surface area contributed by atoms with Crippen molar-refractivity contribution in [2.24, 2.45) is 0 Å². The normalized spacial score (nSPS) is 11.0. The number of aromatic nitrogens is 1. The summed E-state index contributed by atoms with van der Waals surface area (Å²) < 4.78 is 5.37. The van der Waals surface area contributed by atoms with Crippen LogP contribution in [0.5, 0.6) is 0 Å². The summed E-state index contributed by atoms with van der Waals surface area (Å²) in [6, 6.07) is 16.7. The summed E-state index contributed by atoms with van der Waals surface area (Å²) in [4.78, 5) is 17.1. The Morgan fingerprint density at radius 2 is 1.78 bits per heavy atom. The van der Waals surface area contributed by atoms with Crippen LogP contribution in [0.2, 0.25) is 5.02 Å². The zero-order valence-corrected chi connectivity index (χ0v) is 13.7. The first-order valence-corrected chi connectivity index (χ1v) is 7.79. The maximum atomic E-state index is 12.4. The van der Waals surface area contributed by atoms with E-state index in [0.717, 1.165) is 22.2 Å². The molecular weight excluding hydrogens is 310 g/mol. The van der Waals surface area contributed by atoms with E-state index in [9.17, 15) is 4.79 Å². The number of rotatable bonds is 3. The van der Waals surface area contributed by atoms with Crippen LogP contribution < -0.4 is 0 Å². The second kappa shape index (κ2) is 6.39. The number of pyridine rings is 1. The van der Waals surface area contributed by atoms with Crippen molar-refractivity contribution in [3.8, 4) is 11.3 Å².